The molecule has 1 rings (SSSR count). The van der Waals surface area contributed by atoms with Gasteiger partial charge in [-0.25, -0.2) is 0 Å². The minimum absolute atomic E-state index is 0.402. The molecule has 0 saturated carbocycles. The third-order valence-electron chi connectivity index (χ3n) is 1.63. The van der Waals surface area contributed by atoms with E-state index in [1.807, 2.05) is 23.0 Å². The van der Waals surface area contributed by atoms with Gasteiger partial charge >= 0.3 is 0 Å². The van der Waals surface area contributed by atoms with Gasteiger partial charge in [-0.2, -0.15) is 5.10 Å². The first-order valence-electron chi connectivity index (χ1n) is 4.28. The molecule has 1 aromatic heterocycles. The molecule has 0 aliphatic carbocycles. The summed E-state index contributed by atoms with van der Waals surface area (Å²) in [5, 5.41) is 7.43. The van der Waals surface area contributed by atoms with Crippen molar-refractivity contribution in [3.63, 3.8) is 0 Å². The summed E-state index contributed by atoms with van der Waals surface area (Å²) in [6.45, 7) is 4.89. The normalized spacial score (nSPS) is 11.4. The highest BCUT2D eigenvalue weighted by Gasteiger charge is 1.99. The van der Waals surface area contributed by atoms with Gasteiger partial charge in [0.05, 0.1) is 0 Å². The summed E-state index contributed by atoms with van der Waals surface area (Å²) in [5.74, 6) is 0.878. The average molecular weight is 200 g/mol. The van der Waals surface area contributed by atoms with Crippen LogP contribution in [-0.2, 0) is 0 Å². The molecule has 0 amide bonds. The van der Waals surface area contributed by atoms with Crippen molar-refractivity contribution in [2.45, 2.75) is 19.9 Å². The average Bonchev–Trinajstić information content (AvgIpc) is 2.53. The molecule has 0 radical (unpaired) electrons. The SMILES string of the molecule is CC(C)n1ccc(NC/C=C/Cl)n1. The number of rotatable bonds is 4. The van der Waals surface area contributed by atoms with E-state index in [4.69, 9.17) is 11.6 Å². The molecule has 0 bridgehead atoms. The Morgan fingerprint density at radius 3 is 3.00 bits per heavy atom. The highest BCUT2D eigenvalue weighted by molar-refractivity contribution is 6.25. The number of nitrogens with one attached hydrogen (secondary N) is 1. The quantitative estimate of drug-likeness (QED) is 0.808. The van der Waals surface area contributed by atoms with Gasteiger partial charge < -0.3 is 5.32 Å². The number of anilines is 1. The smallest absolute Gasteiger partial charge is 0.148 e. The second kappa shape index (κ2) is 4.92. The molecule has 0 fully saturated rings. The van der Waals surface area contributed by atoms with Crippen LogP contribution in [0.5, 0.6) is 0 Å². The molecule has 72 valence electrons. The fraction of sp³-hybridized carbons (Fsp3) is 0.444. The first-order valence-corrected chi connectivity index (χ1v) is 4.72. The first-order chi connectivity index (χ1) is 6.24. The third-order valence-corrected chi connectivity index (χ3v) is 1.81. The van der Waals surface area contributed by atoms with Gasteiger partial charge in [0, 0.05) is 30.4 Å². The maximum Gasteiger partial charge on any atom is 0.148 e. The van der Waals surface area contributed by atoms with E-state index in [9.17, 15) is 0 Å². The van der Waals surface area contributed by atoms with Crippen molar-refractivity contribution >= 4 is 17.4 Å². The maximum absolute atomic E-state index is 5.38. The van der Waals surface area contributed by atoms with Gasteiger partial charge in [0.15, 0.2) is 0 Å². The van der Waals surface area contributed by atoms with Crippen LogP contribution in [0, 0.1) is 0 Å². The molecule has 4 heteroatoms. The lowest BCUT2D eigenvalue weighted by molar-refractivity contribution is 0.534. The van der Waals surface area contributed by atoms with Crippen molar-refractivity contribution in [2.24, 2.45) is 0 Å². The van der Waals surface area contributed by atoms with Crippen LogP contribution >= 0.6 is 11.6 Å². The Morgan fingerprint density at radius 2 is 2.46 bits per heavy atom. The second-order valence-electron chi connectivity index (χ2n) is 3.02. The van der Waals surface area contributed by atoms with Crippen LogP contribution in [0.1, 0.15) is 19.9 Å². The lowest BCUT2D eigenvalue weighted by Gasteiger charge is -2.03. The van der Waals surface area contributed by atoms with Crippen molar-refractivity contribution in [3.8, 4) is 0 Å². The zero-order chi connectivity index (χ0) is 9.68. The summed E-state index contributed by atoms with van der Waals surface area (Å²) in [4.78, 5) is 0. The van der Waals surface area contributed by atoms with Crippen LogP contribution in [-0.4, -0.2) is 16.3 Å². The van der Waals surface area contributed by atoms with Gasteiger partial charge in [0.2, 0.25) is 0 Å². The molecule has 3 nitrogen and oxygen atoms in total. The van der Waals surface area contributed by atoms with Crippen LogP contribution in [0.4, 0.5) is 5.82 Å². The lowest BCUT2D eigenvalue weighted by atomic mass is 10.4. The van der Waals surface area contributed by atoms with Crippen molar-refractivity contribution in [1.29, 1.82) is 0 Å². The summed E-state index contributed by atoms with van der Waals surface area (Å²) in [6, 6.07) is 2.35. The third kappa shape index (κ3) is 3.11. The Kier molecular flexibility index (Phi) is 3.83. The lowest BCUT2D eigenvalue weighted by Crippen LogP contribution is -2.03. The van der Waals surface area contributed by atoms with E-state index in [1.54, 1.807) is 0 Å². The molecular formula is C9H14ClN3. The maximum atomic E-state index is 5.38. The summed E-state index contributed by atoms with van der Waals surface area (Å²) in [7, 11) is 0. The number of aromatic nitrogens is 2. The number of hydrogen-bond donors (Lipinski definition) is 1. The van der Waals surface area contributed by atoms with Crippen molar-refractivity contribution in [3.05, 3.63) is 23.9 Å². The largest absolute Gasteiger partial charge is 0.365 e. The number of halogens is 1. The Hall–Kier alpha value is -0.960. The Balaban J connectivity index is 2.49. The molecule has 0 spiro atoms. The Labute approximate surface area is 83.4 Å². The van der Waals surface area contributed by atoms with E-state index in [0.717, 1.165) is 5.82 Å². The zero-order valence-electron chi connectivity index (χ0n) is 7.87. The van der Waals surface area contributed by atoms with Gasteiger partial charge in [0.1, 0.15) is 5.82 Å². The molecular weight excluding hydrogens is 186 g/mol. The van der Waals surface area contributed by atoms with E-state index in [2.05, 4.69) is 24.3 Å². The van der Waals surface area contributed by atoms with Crippen LogP contribution in [0.3, 0.4) is 0 Å². The Bertz CT molecular complexity index is 278. The fourth-order valence-electron chi connectivity index (χ4n) is 0.928. The summed E-state index contributed by atoms with van der Waals surface area (Å²) >= 11 is 5.38. The molecule has 0 atom stereocenters. The summed E-state index contributed by atoms with van der Waals surface area (Å²) in [6.07, 6.45) is 3.79. The number of hydrogen-bond acceptors (Lipinski definition) is 2. The molecule has 0 aliphatic heterocycles. The highest BCUT2D eigenvalue weighted by atomic mass is 35.5. The molecule has 1 heterocycles. The second-order valence-corrected chi connectivity index (χ2v) is 3.27. The van der Waals surface area contributed by atoms with Crippen molar-refractivity contribution < 1.29 is 0 Å². The zero-order valence-corrected chi connectivity index (χ0v) is 8.62. The predicted molar refractivity (Wildman–Crippen MR) is 56.1 cm³/mol. The van der Waals surface area contributed by atoms with Crippen LogP contribution in [0.25, 0.3) is 0 Å². The molecule has 0 saturated heterocycles. The number of nitrogens with zero attached hydrogens (tertiary/aromatic N) is 2. The molecule has 1 N–H and O–H groups in total. The van der Waals surface area contributed by atoms with E-state index in [-0.39, 0.29) is 0 Å². The van der Waals surface area contributed by atoms with Crippen LogP contribution < -0.4 is 5.32 Å². The monoisotopic (exact) mass is 199 g/mol. The topological polar surface area (TPSA) is 29.9 Å². The van der Waals surface area contributed by atoms with E-state index in [1.165, 1.54) is 5.54 Å². The standard InChI is InChI=1S/C9H14ClN3/c1-8(2)13-7-4-9(12-13)11-6-3-5-10/h3-5,7-8H,6H2,1-2H3,(H,11,12)/b5-3+. The highest BCUT2D eigenvalue weighted by Crippen LogP contribution is 2.07. The van der Waals surface area contributed by atoms with Gasteiger partial charge in [-0.1, -0.05) is 17.7 Å². The van der Waals surface area contributed by atoms with Gasteiger partial charge in [-0.3, -0.25) is 4.68 Å². The van der Waals surface area contributed by atoms with Gasteiger partial charge in [-0.15, -0.1) is 0 Å². The van der Waals surface area contributed by atoms with Crippen molar-refractivity contribution in [1.82, 2.24) is 9.78 Å². The molecule has 1 aromatic rings. The van der Waals surface area contributed by atoms with Crippen LogP contribution in [0.2, 0.25) is 0 Å². The van der Waals surface area contributed by atoms with Gasteiger partial charge in [0.25, 0.3) is 0 Å². The van der Waals surface area contributed by atoms with E-state index >= 15 is 0 Å². The predicted octanol–water partition coefficient (Wildman–Crippen LogP) is 2.63. The fourth-order valence-corrected chi connectivity index (χ4v) is 1.02. The van der Waals surface area contributed by atoms with Gasteiger partial charge in [-0.05, 0) is 13.8 Å². The molecule has 13 heavy (non-hydrogen) atoms. The van der Waals surface area contributed by atoms with E-state index < -0.39 is 0 Å². The molecule has 0 aromatic carbocycles. The van der Waals surface area contributed by atoms with Crippen LogP contribution in [0.15, 0.2) is 23.9 Å². The summed E-state index contributed by atoms with van der Waals surface area (Å²) < 4.78 is 1.91. The first kappa shape index (κ1) is 10.1. The summed E-state index contributed by atoms with van der Waals surface area (Å²) in [5.41, 5.74) is 1.49. The minimum Gasteiger partial charge on any atom is -0.365 e. The molecule has 0 aliphatic rings. The molecule has 0 unspecified atom stereocenters. The Morgan fingerprint density at radius 1 is 1.69 bits per heavy atom. The van der Waals surface area contributed by atoms with Crippen molar-refractivity contribution in [2.75, 3.05) is 11.9 Å². The minimum atomic E-state index is 0.402. The van der Waals surface area contributed by atoms with E-state index in [0.29, 0.717) is 12.6 Å².